The van der Waals surface area contributed by atoms with Crippen molar-refractivity contribution in [2.75, 3.05) is 6.54 Å². The summed E-state index contributed by atoms with van der Waals surface area (Å²) >= 11 is 0. The van der Waals surface area contributed by atoms with Crippen LogP contribution in [0.1, 0.15) is 66.9 Å². The molecule has 1 aromatic rings. The summed E-state index contributed by atoms with van der Waals surface area (Å²) in [6, 6.07) is 7.66. The maximum Gasteiger partial charge on any atom is 0.407 e. The lowest BCUT2D eigenvalue weighted by molar-refractivity contribution is -0.107. The third-order valence-corrected chi connectivity index (χ3v) is 3.95. The molecule has 0 aliphatic carbocycles. The number of ether oxygens (including phenoxy) is 1. The van der Waals surface area contributed by atoms with E-state index in [0.29, 0.717) is 6.54 Å². The molecule has 0 aromatic heterocycles. The van der Waals surface area contributed by atoms with Gasteiger partial charge in [-0.3, -0.25) is 0 Å². The van der Waals surface area contributed by atoms with Gasteiger partial charge >= 0.3 is 6.09 Å². The first-order chi connectivity index (χ1) is 11.5. The molecular weight excluding hydrogens is 329 g/mol. The lowest BCUT2D eigenvalue weighted by atomic mass is 9.90. The molecule has 1 atom stereocenters. The summed E-state index contributed by atoms with van der Waals surface area (Å²) in [5.41, 5.74) is -0.597. The number of alkyl carbamates (subject to hydrolysis) is 1. The van der Waals surface area contributed by atoms with Crippen molar-refractivity contribution in [3.63, 3.8) is 0 Å². The van der Waals surface area contributed by atoms with Crippen LogP contribution in [0.25, 0.3) is 0 Å². The van der Waals surface area contributed by atoms with E-state index < -0.39 is 16.8 Å². The SMILES string of the molecule is CC(C)(O)C(C)(C)O.[B]c1ccc(C(C)CNC(=O)OC(C)(C)C)cc1. The molecule has 2 radical (unpaired) electrons. The normalized spacial score (nSPS) is 13.3. The fraction of sp³-hybridized carbons (Fsp3) is 0.650. The molecule has 0 fully saturated rings. The molecule has 5 nitrogen and oxygen atoms in total. The average Bonchev–Trinajstić information content (AvgIpc) is 2.42. The van der Waals surface area contributed by atoms with Gasteiger partial charge in [0, 0.05) is 6.54 Å². The number of carbonyl (C=O) groups is 1. The van der Waals surface area contributed by atoms with Gasteiger partial charge in [-0.1, -0.05) is 36.7 Å². The van der Waals surface area contributed by atoms with E-state index in [-0.39, 0.29) is 12.0 Å². The van der Waals surface area contributed by atoms with E-state index in [9.17, 15) is 4.79 Å². The van der Waals surface area contributed by atoms with Gasteiger partial charge in [0.1, 0.15) is 13.4 Å². The van der Waals surface area contributed by atoms with Gasteiger partial charge in [0.05, 0.1) is 11.2 Å². The zero-order valence-corrected chi connectivity index (χ0v) is 17.4. The van der Waals surface area contributed by atoms with E-state index in [1.54, 1.807) is 27.7 Å². The van der Waals surface area contributed by atoms with Crippen LogP contribution in [0.2, 0.25) is 0 Å². The molecule has 0 heterocycles. The quantitative estimate of drug-likeness (QED) is 0.719. The Morgan fingerprint density at radius 3 is 1.81 bits per heavy atom. The van der Waals surface area contributed by atoms with Crippen LogP contribution in [0.3, 0.4) is 0 Å². The first-order valence-electron chi connectivity index (χ1n) is 8.80. The van der Waals surface area contributed by atoms with Crippen LogP contribution >= 0.6 is 0 Å². The Labute approximate surface area is 159 Å². The van der Waals surface area contributed by atoms with Crippen LogP contribution in [-0.2, 0) is 4.74 Å². The van der Waals surface area contributed by atoms with Gasteiger partial charge in [0.15, 0.2) is 0 Å². The number of nitrogens with one attached hydrogen (secondary N) is 1. The number of aliphatic hydroxyl groups is 2. The van der Waals surface area contributed by atoms with E-state index in [2.05, 4.69) is 5.32 Å². The molecular formula is C20H34BNO4. The second kappa shape index (κ2) is 9.42. The van der Waals surface area contributed by atoms with Crippen LogP contribution in [-0.4, -0.2) is 47.5 Å². The summed E-state index contributed by atoms with van der Waals surface area (Å²) < 4.78 is 5.17. The van der Waals surface area contributed by atoms with E-state index >= 15 is 0 Å². The lowest BCUT2D eigenvalue weighted by Crippen LogP contribution is -2.44. The molecule has 1 rings (SSSR count). The second-order valence-corrected chi connectivity index (χ2v) is 8.57. The molecule has 1 aromatic carbocycles. The molecule has 1 amide bonds. The molecule has 3 N–H and O–H groups in total. The highest BCUT2D eigenvalue weighted by molar-refractivity contribution is 6.32. The summed E-state index contributed by atoms with van der Waals surface area (Å²) in [5, 5.41) is 21.0. The second-order valence-electron chi connectivity index (χ2n) is 8.57. The fourth-order valence-electron chi connectivity index (χ4n) is 1.49. The van der Waals surface area contributed by atoms with Crippen LogP contribution < -0.4 is 10.8 Å². The smallest absolute Gasteiger partial charge is 0.407 e. The predicted molar refractivity (Wildman–Crippen MR) is 107 cm³/mol. The number of benzene rings is 1. The summed E-state index contributed by atoms with van der Waals surface area (Å²) in [6.45, 7) is 14.4. The fourth-order valence-corrected chi connectivity index (χ4v) is 1.49. The summed E-state index contributed by atoms with van der Waals surface area (Å²) in [7, 11) is 5.63. The first kappa shape index (κ1) is 24.5. The van der Waals surface area contributed by atoms with Crippen LogP contribution in [0.5, 0.6) is 0 Å². The maximum absolute atomic E-state index is 11.5. The molecule has 0 saturated heterocycles. The molecule has 0 bridgehead atoms. The zero-order chi connectivity index (χ0) is 20.8. The standard InChI is InChI=1S/C14H20BNO2.C6H14O2/c1-10(11-5-7-12(15)8-6-11)9-16-13(17)18-14(2,3)4;1-5(2,7)6(3,4)8/h5-8,10H,9H2,1-4H3,(H,16,17);7-8H,1-4H3. The van der Waals surface area contributed by atoms with Crippen molar-refractivity contribution in [3.8, 4) is 0 Å². The topological polar surface area (TPSA) is 78.8 Å². The monoisotopic (exact) mass is 363 g/mol. The molecule has 26 heavy (non-hydrogen) atoms. The molecule has 6 heteroatoms. The number of carbonyl (C=O) groups excluding carboxylic acids is 1. The Morgan fingerprint density at radius 2 is 1.46 bits per heavy atom. The minimum Gasteiger partial charge on any atom is -0.444 e. The number of amides is 1. The Kier molecular flexibility index (Phi) is 8.87. The van der Waals surface area contributed by atoms with Gasteiger partial charge in [-0.2, -0.15) is 0 Å². The predicted octanol–water partition coefficient (Wildman–Crippen LogP) is 2.64. The van der Waals surface area contributed by atoms with Crippen molar-refractivity contribution in [1.82, 2.24) is 5.32 Å². The minimum atomic E-state index is -1.01. The minimum absolute atomic E-state index is 0.220. The number of rotatable bonds is 4. The van der Waals surface area contributed by atoms with Gasteiger partial charge in [-0.05, 0) is 59.9 Å². The van der Waals surface area contributed by atoms with Gasteiger partial charge < -0.3 is 20.3 Å². The maximum atomic E-state index is 11.5. The third kappa shape index (κ3) is 10.5. The number of hydrogen-bond acceptors (Lipinski definition) is 4. The number of hydrogen-bond donors (Lipinski definition) is 3. The summed E-state index contributed by atoms with van der Waals surface area (Å²) in [4.78, 5) is 11.5. The van der Waals surface area contributed by atoms with Crippen molar-refractivity contribution in [1.29, 1.82) is 0 Å². The Hall–Kier alpha value is -1.53. The summed E-state index contributed by atoms with van der Waals surface area (Å²) in [6.07, 6.45) is -0.384. The molecule has 146 valence electrons. The first-order valence-corrected chi connectivity index (χ1v) is 8.80. The zero-order valence-electron chi connectivity index (χ0n) is 17.4. The van der Waals surface area contributed by atoms with Crippen molar-refractivity contribution in [3.05, 3.63) is 29.8 Å². The highest BCUT2D eigenvalue weighted by Gasteiger charge is 2.31. The Morgan fingerprint density at radius 1 is 1.04 bits per heavy atom. The van der Waals surface area contributed by atoms with E-state index in [0.717, 1.165) is 11.0 Å². The lowest BCUT2D eigenvalue weighted by Gasteiger charge is -2.31. The van der Waals surface area contributed by atoms with Crippen LogP contribution in [0.4, 0.5) is 4.79 Å². The van der Waals surface area contributed by atoms with Crippen molar-refractivity contribution < 1.29 is 19.7 Å². The van der Waals surface area contributed by atoms with Gasteiger partial charge in [0.2, 0.25) is 0 Å². The highest BCUT2D eigenvalue weighted by Crippen LogP contribution is 2.19. The van der Waals surface area contributed by atoms with E-state index in [1.165, 1.54) is 0 Å². The van der Waals surface area contributed by atoms with Crippen LogP contribution in [0.15, 0.2) is 24.3 Å². The van der Waals surface area contributed by atoms with Crippen molar-refractivity contribution >= 4 is 19.4 Å². The van der Waals surface area contributed by atoms with Gasteiger partial charge in [-0.15, -0.1) is 0 Å². The van der Waals surface area contributed by atoms with E-state index in [1.807, 2.05) is 52.0 Å². The third-order valence-electron chi connectivity index (χ3n) is 3.95. The van der Waals surface area contributed by atoms with Gasteiger partial charge in [0.25, 0.3) is 0 Å². The Bertz CT molecular complexity index is 539. The van der Waals surface area contributed by atoms with Gasteiger partial charge in [-0.25, -0.2) is 4.79 Å². The largest absolute Gasteiger partial charge is 0.444 e. The molecule has 0 spiro atoms. The molecule has 1 unspecified atom stereocenters. The Balaban J connectivity index is 0.000000660. The van der Waals surface area contributed by atoms with Crippen LogP contribution in [0, 0.1) is 0 Å². The average molecular weight is 363 g/mol. The highest BCUT2D eigenvalue weighted by atomic mass is 16.6. The molecule has 0 aliphatic rings. The van der Waals surface area contributed by atoms with E-state index in [4.69, 9.17) is 22.8 Å². The molecule has 0 aliphatic heterocycles. The van der Waals surface area contributed by atoms with Crippen molar-refractivity contribution in [2.24, 2.45) is 0 Å². The molecule has 0 saturated carbocycles. The van der Waals surface area contributed by atoms with Crippen molar-refractivity contribution in [2.45, 2.75) is 78.1 Å². The summed E-state index contributed by atoms with van der Waals surface area (Å²) in [5.74, 6) is 0.220.